The normalized spacial score (nSPS) is 22.0. The molecule has 4 aromatic carbocycles. The molecule has 77 heavy (non-hydrogen) atoms. The summed E-state index contributed by atoms with van der Waals surface area (Å²) in [5.74, 6) is 2.51. The third kappa shape index (κ3) is 11.6. The average Bonchev–Trinajstić information content (AvgIpc) is 4.25. The van der Waals surface area contributed by atoms with Crippen LogP contribution in [0.1, 0.15) is 117 Å². The number of hydrogen-bond acceptors (Lipinski definition) is 12. The van der Waals surface area contributed by atoms with E-state index in [1.165, 1.54) is 17.0 Å². The van der Waals surface area contributed by atoms with Crippen molar-refractivity contribution in [3.63, 3.8) is 0 Å². The molecule has 4 bridgehead atoms. The van der Waals surface area contributed by atoms with Gasteiger partial charge >= 0.3 is 29.6 Å². The van der Waals surface area contributed by atoms with Gasteiger partial charge in [-0.25, -0.2) is 8.78 Å². The maximum absolute atomic E-state index is 15.2. The fraction of sp³-hybridized carbons (Fsp3) is 0.407. The number of rotatable bonds is 13. The first-order valence-corrected chi connectivity index (χ1v) is 27.1. The van der Waals surface area contributed by atoms with Crippen LogP contribution in [0.2, 0.25) is 20.1 Å². The number of aromatic nitrogens is 6. The largest absolute Gasteiger partial charge is 1.00 e. The van der Waals surface area contributed by atoms with E-state index in [4.69, 9.17) is 71.8 Å². The van der Waals surface area contributed by atoms with E-state index < -0.39 is 0 Å². The predicted octanol–water partition coefficient (Wildman–Crippen LogP) is 10.8. The molecule has 3 N–H and O–H groups in total. The Hall–Kier alpha value is -5.29. The summed E-state index contributed by atoms with van der Waals surface area (Å²) in [6.07, 6.45) is 12.4. The molecule has 2 aliphatic carbocycles. The van der Waals surface area contributed by atoms with Gasteiger partial charge in [-0.15, -0.1) is 10.2 Å². The first kappa shape index (κ1) is 55.0. The van der Waals surface area contributed by atoms with Crippen molar-refractivity contribution in [1.82, 2.24) is 41.6 Å². The summed E-state index contributed by atoms with van der Waals surface area (Å²) in [6, 6.07) is 24.7. The minimum Gasteiger partial charge on any atom is -0.373 e. The van der Waals surface area contributed by atoms with Gasteiger partial charge in [0.25, 0.3) is 0 Å². The molecule has 7 aromatic rings. The second-order valence-electron chi connectivity index (χ2n) is 20.4. The van der Waals surface area contributed by atoms with Crippen molar-refractivity contribution in [3.8, 4) is 40.0 Å². The van der Waals surface area contributed by atoms with Gasteiger partial charge in [-0.2, -0.15) is 10.5 Å². The number of hydrogen-bond donors (Lipinski definition) is 3. The van der Waals surface area contributed by atoms with E-state index in [1.54, 1.807) is 12.1 Å². The van der Waals surface area contributed by atoms with Crippen LogP contribution in [0, 0.1) is 23.0 Å². The van der Waals surface area contributed by atoms with Crippen LogP contribution in [0.4, 0.5) is 20.2 Å². The van der Waals surface area contributed by atoms with Crippen LogP contribution in [0.3, 0.4) is 0 Å². The molecule has 2 saturated carbocycles. The zero-order valence-corrected chi connectivity index (χ0v) is 47.0. The second kappa shape index (κ2) is 24.0. The fourth-order valence-electron chi connectivity index (χ4n) is 12.1. The molecule has 0 amide bonds. The number of fused-ring (bicyclic) bond motifs is 4. The molecule has 4 aliphatic heterocycles. The molecule has 23 heteroatoms. The summed E-state index contributed by atoms with van der Waals surface area (Å²) < 4.78 is 41.7. The minimum absolute atomic E-state index is 0. The van der Waals surface area contributed by atoms with E-state index in [-0.39, 0.29) is 65.4 Å². The van der Waals surface area contributed by atoms with E-state index in [0.717, 1.165) is 122 Å². The van der Waals surface area contributed by atoms with Crippen LogP contribution < -0.4 is 50.0 Å². The van der Waals surface area contributed by atoms with Crippen LogP contribution in [0.25, 0.3) is 49.9 Å². The topological polar surface area (TPSA) is 220 Å². The van der Waals surface area contributed by atoms with Crippen LogP contribution >= 0.6 is 46.4 Å². The number of benzene rings is 4. The first-order valence-electron chi connectivity index (χ1n) is 25.6. The van der Waals surface area contributed by atoms with Gasteiger partial charge in [-0.1, -0.05) is 68.8 Å². The van der Waals surface area contributed by atoms with E-state index >= 15 is 4.39 Å². The molecule has 4 atom stereocenters. The molecule has 16 nitrogen and oxygen atoms in total. The summed E-state index contributed by atoms with van der Waals surface area (Å²) in [5, 5.41) is 41.6. The number of tetrazole rings is 1. The summed E-state index contributed by atoms with van der Waals surface area (Å²) in [7, 11) is 0. The molecule has 7 heterocycles. The maximum atomic E-state index is 15.2. The van der Waals surface area contributed by atoms with Gasteiger partial charge < -0.3 is 40.5 Å². The van der Waals surface area contributed by atoms with Crippen molar-refractivity contribution < 1.29 is 47.4 Å². The van der Waals surface area contributed by atoms with E-state index in [0.29, 0.717) is 85.4 Å². The molecule has 4 unspecified atom stereocenters. The summed E-state index contributed by atoms with van der Waals surface area (Å²) >= 11 is 26.1. The monoisotopic (exact) mass is 1130 g/mol. The molecular weight excluding hydrogens is 1080 g/mol. The number of nitrogens with zero attached hydrogens (tertiary/aromatic N) is 11. The Morgan fingerprint density at radius 1 is 0.649 bits per heavy atom. The van der Waals surface area contributed by atoms with Gasteiger partial charge in [0, 0.05) is 89.0 Å². The molecular formula is C54H51Cl4F2N14NaO2. The molecule has 0 radical (unpaired) electrons. The van der Waals surface area contributed by atoms with Gasteiger partial charge in [0.1, 0.15) is 34.5 Å². The van der Waals surface area contributed by atoms with Crippen molar-refractivity contribution >= 4 is 57.8 Å². The Morgan fingerprint density at radius 2 is 1.08 bits per heavy atom. The third-order valence-electron chi connectivity index (χ3n) is 15.7. The van der Waals surface area contributed by atoms with E-state index in [1.807, 2.05) is 54.6 Å². The number of nitriles is 1. The Morgan fingerprint density at radius 3 is 1.45 bits per heavy atom. The van der Waals surface area contributed by atoms with Crippen molar-refractivity contribution in [2.24, 2.45) is 0 Å². The predicted molar refractivity (Wildman–Crippen MR) is 287 cm³/mol. The Bertz CT molecular complexity index is 3260. The average molecular weight is 1130 g/mol. The molecule has 0 spiro atoms. The van der Waals surface area contributed by atoms with Crippen LogP contribution in [-0.4, -0.2) is 67.2 Å². The quantitative estimate of drug-likeness (QED) is 0.0425. The van der Waals surface area contributed by atoms with Crippen molar-refractivity contribution in [3.05, 3.63) is 149 Å². The van der Waals surface area contributed by atoms with E-state index in [2.05, 4.69) is 51.4 Å². The first-order chi connectivity index (χ1) is 37.0. The van der Waals surface area contributed by atoms with E-state index in [9.17, 15) is 4.39 Å². The number of halogens is 6. The maximum Gasteiger partial charge on any atom is 1.00 e. The Labute approximate surface area is 485 Å². The Kier molecular flexibility index (Phi) is 17.1. The molecule has 4 saturated heterocycles. The number of nitrogens with one attached hydrogen (secondary N) is 3. The zero-order chi connectivity index (χ0) is 52.6. The summed E-state index contributed by atoms with van der Waals surface area (Å²) in [4.78, 5) is 6.01. The van der Waals surface area contributed by atoms with Gasteiger partial charge in [-0.05, 0) is 143 Å². The fourth-order valence-corrected chi connectivity index (χ4v) is 13.2. The standard InChI is InChI=1S/C27H26Cl2FN7O.C27H25Cl2FN4O.N3.Na/c28-20-2-1-3-21(29)24(20)25-19(26(38-34-25)14-4-5-14)13-31-16-11-17-7-8-18(12-16)37(17)23-9-6-15(10-22(23)30)27-32-35-36-33-27;28-21-2-1-3-22(29)25(21)26-20(27(35-33-26)16-5-6-16)14-32-17-11-18-7-8-19(12-17)34(18)24-9-4-15(13-31)10-23(24)30;1-3-2;/h1-3,6,9-10,14,16-18,31H,4-5,7-8,11-13H2,(H,32,33,35,36);1-4,9-10,16-19,32H,5-8,11-12,14H2;;/q;;-1;+1. The zero-order valence-electron chi connectivity index (χ0n) is 42.0. The number of H-pyrrole nitrogens is 1. The van der Waals surface area contributed by atoms with Crippen molar-refractivity contribution in [2.75, 3.05) is 9.80 Å². The molecule has 13 rings (SSSR count). The van der Waals surface area contributed by atoms with Crippen LogP contribution in [0.5, 0.6) is 0 Å². The number of aromatic amines is 1. The number of piperidine rings is 2. The number of anilines is 2. The summed E-state index contributed by atoms with van der Waals surface area (Å²) in [6.45, 7) is 1.26. The molecule has 3 aromatic heterocycles. The smallest absolute Gasteiger partial charge is 0.373 e. The van der Waals surface area contributed by atoms with Crippen molar-refractivity contribution in [1.29, 1.82) is 5.26 Å². The minimum atomic E-state index is -0.313. The molecule has 392 valence electrons. The SMILES string of the molecule is Fc1cc(-c2nn[nH]n2)ccc1N1C2CCC1CC(NCc1c(-c3c(Cl)cccc3Cl)noc1C1CC1)C2.N#Cc1ccc(N2C3CCC2CC(NCc2c(-c4c(Cl)cccc4Cl)noc2C2CC2)C3)c(F)c1.[N-]=[N+]=[N-].[Na+]. The second-order valence-corrected chi connectivity index (χ2v) is 22.1. The van der Waals surface area contributed by atoms with Gasteiger partial charge in [-0.3, -0.25) is 4.91 Å². The Balaban J connectivity index is 0.000000165. The van der Waals surface area contributed by atoms with Crippen LogP contribution in [0.15, 0.2) is 81.8 Å². The van der Waals surface area contributed by atoms with Crippen LogP contribution in [-0.2, 0) is 13.1 Å². The van der Waals surface area contributed by atoms with Crippen molar-refractivity contribution in [2.45, 2.75) is 138 Å². The van der Waals surface area contributed by atoms with Gasteiger partial charge in [0.15, 0.2) is 0 Å². The molecule has 6 fully saturated rings. The summed E-state index contributed by atoms with van der Waals surface area (Å²) in [5.41, 5.74) is 20.7. The molecule has 6 aliphatic rings. The third-order valence-corrected chi connectivity index (χ3v) is 17.0. The van der Waals surface area contributed by atoms with Gasteiger partial charge in [0.2, 0.25) is 5.82 Å². The van der Waals surface area contributed by atoms with Gasteiger partial charge in [0.05, 0.1) is 43.1 Å².